The van der Waals surface area contributed by atoms with Gasteiger partial charge >= 0.3 is 0 Å². The summed E-state index contributed by atoms with van der Waals surface area (Å²) >= 11 is 2.43. The van der Waals surface area contributed by atoms with Crippen molar-refractivity contribution in [3.05, 3.63) is 35.9 Å². The van der Waals surface area contributed by atoms with Gasteiger partial charge in [0.2, 0.25) is 0 Å². The van der Waals surface area contributed by atoms with Crippen LogP contribution in [-0.2, 0) is 16.1 Å². The van der Waals surface area contributed by atoms with Crippen LogP contribution in [0.2, 0.25) is 0 Å². The number of halogens is 1. The van der Waals surface area contributed by atoms with Gasteiger partial charge in [0, 0.05) is 10.5 Å². The van der Waals surface area contributed by atoms with Crippen LogP contribution in [0.3, 0.4) is 0 Å². The average molecular weight is 334 g/mol. The molecule has 1 aromatic carbocycles. The molecule has 0 bridgehead atoms. The molecule has 1 unspecified atom stereocenters. The minimum Gasteiger partial charge on any atom is -0.355 e. The van der Waals surface area contributed by atoms with E-state index >= 15 is 0 Å². The van der Waals surface area contributed by atoms with E-state index in [0.29, 0.717) is 13.4 Å². The van der Waals surface area contributed by atoms with Crippen molar-refractivity contribution < 1.29 is 9.47 Å². The molecule has 2 nitrogen and oxygen atoms in total. The predicted molar refractivity (Wildman–Crippen MR) is 74.8 cm³/mol. The van der Waals surface area contributed by atoms with E-state index in [0.717, 1.165) is 17.0 Å². The molecular formula is C13H19IO2. The van der Waals surface area contributed by atoms with Crippen LogP contribution in [0.4, 0.5) is 0 Å². The summed E-state index contributed by atoms with van der Waals surface area (Å²) in [6.45, 7) is 4.03. The second-order valence-corrected chi connectivity index (χ2v) is 5.91. The van der Waals surface area contributed by atoms with Crippen molar-refractivity contribution in [2.75, 3.05) is 13.4 Å². The van der Waals surface area contributed by atoms with Crippen LogP contribution in [0, 0.1) is 0 Å². The van der Waals surface area contributed by atoms with Crippen molar-refractivity contribution in [2.45, 2.75) is 30.3 Å². The van der Waals surface area contributed by atoms with Crippen molar-refractivity contribution in [1.29, 1.82) is 0 Å². The van der Waals surface area contributed by atoms with Crippen LogP contribution in [0.25, 0.3) is 0 Å². The van der Waals surface area contributed by atoms with E-state index in [1.54, 1.807) is 0 Å². The zero-order valence-electron chi connectivity index (χ0n) is 9.69. The molecule has 0 saturated carbocycles. The van der Waals surface area contributed by atoms with Crippen molar-refractivity contribution >= 4 is 22.6 Å². The van der Waals surface area contributed by atoms with Crippen molar-refractivity contribution in [1.82, 2.24) is 0 Å². The Morgan fingerprint density at radius 3 is 2.62 bits per heavy atom. The van der Waals surface area contributed by atoms with Crippen LogP contribution >= 0.6 is 22.6 Å². The first-order valence-electron chi connectivity index (χ1n) is 5.62. The highest BCUT2D eigenvalue weighted by molar-refractivity contribution is 14.1. The lowest BCUT2D eigenvalue weighted by Gasteiger charge is -2.06. The molecule has 3 heteroatoms. The maximum absolute atomic E-state index is 5.40. The highest BCUT2D eigenvalue weighted by Gasteiger charge is 1.95. The van der Waals surface area contributed by atoms with Gasteiger partial charge in [-0.1, -0.05) is 59.8 Å². The fraction of sp³-hybridized carbons (Fsp3) is 0.538. The molecule has 0 aromatic heterocycles. The first-order chi connectivity index (χ1) is 7.79. The lowest BCUT2D eigenvalue weighted by atomic mass is 10.2. The third-order valence-corrected chi connectivity index (χ3v) is 2.79. The Morgan fingerprint density at radius 1 is 1.19 bits per heavy atom. The van der Waals surface area contributed by atoms with E-state index in [2.05, 4.69) is 41.6 Å². The minimum atomic E-state index is 0.393. The SMILES string of the molecule is CC(I)CCCOCOCc1ccccc1. The van der Waals surface area contributed by atoms with Gasteiger partial charge in [-0.05, 0) is 18.4 Å². The van der Waals surface area contributed by atoms with Gasteiger partial charge in [-0.3, -0.25) is 0 Å². The van der Waals surface area contributed by atoms with Gasteiger partial charge in [-0.15, -0.1) is 0 Å². The highest BCUT2D eigenvalue weighted by atomic mass is 127. The maximum atomic E-state index is 5.40. The Balaban J connectivity index is 1.93. The van der Waals surface area contributed by atoms with Gasteiger partial charge in [0.05, 0.1) is 6.61 Å². The summed E-state index contributed by atoms with van der Waals surface area (Å²) in [6.07, 6.45) is 2.32. The molecule has 16 heavy (non-hydrogen) atoms. The Labute approximate surface area is 111 Å². The molecule has 0 spiro atoms. The van der Waals surface area contributed by atoms with E-state index in [1.807, 2.05) is 18.2 Å². The van der Waals surface area contributed by atoms with Gasteiger partial charge in [0.25, 0.3) is 0 Å². The molecule has 0 aliphatic rings. The normalized spacial score (nSPS) is 12.6. The molecule has 1 aromatic rings. The molecule has 90 valence electrons. The summed E-state index contributed by atoms with van der Waals surface area (Å²) in [5.74, 6) is 0. The lowest BCUT2D eigenvalue weighted by Crippen LogP contribution is -2.03. The Morgan fingerprint density at radius 2 is 1.94 bits per heavy atom. The molecule has 0 aliphatic carbocycles. The summed E-state index contributed by atoms with van der Waals surface area (Å²) < 4.78 is 11.5. The van der Waals surface area contributed by atoms with E-state index in [9.17, 15) is 0 Å². The topological polar surface area (TPSA) is 18.5 Å². The predicted octanol–water partition coefficient (Wildman–Crippen LogP) is 3.78. The fourth-order valence-corrected chi connectivity index (χ4v) is 1.76. The van der Waals surface area contributed by atoms with Crippen LogP contribution in [0.5, 0.6) is 0 Å². The smallest absolute Gasteiger partial charge is 0.147 e. The van der Waals surface area contributed by atoms with E-state index in [1.165, 1.54) is 12.0 Å². The number of rotatable bonds is 8. The summed E-state index contributed by atoms with van der Waals surface area (Å²) in [7, 11) is 0. The second kappa shape index (κ2) is 8.96. The molecular weight excluding hydrogens is 315 g/mol. The van der Waals surface area contributed by atoms with Crippen molar-refractivity contribution in [2.24, 2.45) is 0 Å². The zero-order valence-corrected chi connectivity index (χ0v) is 11.9. The summed E-state index contributed by atoms with van der Waals surface area (Å²) in [5, 5.41) is 0. The molecule has 1 atom stereocenters. The molecule has 0 aliphatic heterocycles. The summed E-state index contributed by atoms with van der Waals surface area (Å²) in [6, 6.07) is 10.1. The van der Waals surface area contributed by atoms with Crippen molar-refractivity contribution in [3.63, 3.8) is 0 Å². The fourth-order valence-electron chi connectivity index (χ4n) is 1.32. The summed E-state index contributed by atoms with van der Waals surface area (Å²) in [4.78, 5) is 0. The van der Waals surface area contributed by atoms with Crippen LogP contribution < -0.4 is 0 Å². The molecule has 0 amide bonds. The Bertz CT molecular complexity index is 262. The van der Waals surface area contributed by atoms with E-state index in [4.69, 9.17) is 9.47 Å². The average Bonchev–Trinajstić information content (AvgIpc) is 2.29. The van der Waals surface area contributed by atoms with Gasteiger partial charge in [0.15, 0.2) is 0 Å². The minimum absolute atomic E-state index is 0.393. The number of hydrogen-bond donors (Lipinski definition) is 0. The van der Waals surface area contributed by atoms with Crippen LogP contribution in [0.15, 0.2) is 30.3 Å². The molecule has 0 N–H and O–H groups in total. The van der Waals surface area contributed by atoms with Crippen LogP contribution in [-0.4, -0.2) is 17.3 Å². The van der Waals surface area contributed by atoms with Gasteiger partial charge < -0.3 is 9.47 Å². The summed E-state index contributed by atoms with van der Waals surface area (Å²) in [5.41, 5.74) is 1.19. The first kappa shape index (κ1) is 13.9. The van der Waals surface area contributed by atoms with Gasteiger partial charge in [-0.2, -0.15) is 0 Å². The molecule has 0 saturated heterocycles. The zero-order chi connectivity index (χ0) is 11.6. The third kappa shape index (κ3) is 7.19. The highest BCUT2D eigenvalue weighted by Crippen LogP contribution is 2.07. The second-order valence-electron chi connectivity index (χ2n) is 3.78. The molecule has 0 fully saturated rings. The Kier molecular flexibility index (Phi) is 7.80. The number of hydrogen-bond acceptors (Lipinski definition) is 2. The standard InChI is InChI=1S/C13H19IO2/c1-12(14)6-5-9-15-11-16-10-13-7-3-2-4-8-13/h2-4,7-8,12H,5-6,9-11H2,1H3. The number of ether oxygens (including phenoxy) is 2. The van der Waals surface area contributed by atoms with Crippen molar-refractivity contribution in [3.8, 4) is 0 Å². The van der Waals surface area contributed by atoms with E-state index in [-0.39, 0.29) is 0 Å². The third-order valence-electron chi connectivity index (χ3n) is 2.17. The van der Waals surface area contributed by atoms with Crippen LogP contribution in [0.1, 0.15) is 25.3 Å². The largest absolute Gasteiger partial charge is 0.355 e. The molecule has 0 radical (unpaired) electrons. The lowest BCUT2D eigenvalue weighted by molar-refractivity contribution is -0.0621. The maximum Gasteiger partial charge on any atom is 0.147 e. The monoisotopic (exact) mass is 334 g/mol. The van der Waals surface area contributed by atoms with Gasteiger partial charge in [0.1, 0.15) is 6.79 Å². The quantitative estimate of drug-likeness (QED) is 0.312. The molecule has 0 heterocycles. The first-order valence-corrected chi connectivity index (χ1v) is 6.87. The van der Waals surface area contributed by atoms with E-state index < -0.39 is 0 Å². The van der Waals surface area contributed by atoms with Gasteiger partial charge in [-0.25, -0.2) is 0 Å². The Hall–Kier alpha value is -0.130. The number of benzene rings is 1. The number of alkyl halides is 1. The molecule has 1 rings (SSSR count).